The molecule has 22 heavy (non-hydrogen) atoms. The number of rotatable bonds is 4. The zero-order valence-electron chi connectivity index (χ0n) is 11.9. The van der Waals surface area contributed by atoms with Crippen LogP contribution >= 0.6 is 11.3 Å². The molecule has 110 valence electrons. The molecule has 0 aliphatic heterocycles. The molecule has 2 aromatic heterocycles. The van der Waals surface area contributed by atoms with Gasteiger partial charge in [-0.3, -0.25) is 0 Å². The Hall–Kier alpha value is -2.66. The van der Waals surface area contributed by atoms with E-state index >= 15 is 0 Å². The van der Waals surface area contributed by atoms with Gasteiger partial charge in [-0.2, -0.15) is 0 Å². The molecule has 5 heteroatoms. The fourth-order valence-corrected chi connectivity index (χ4v) is 2.75. The van der Waals surface area contributed by atoms with Crippen LogP contribution in [0.4, 0.5) is 5.82 Å². The van der Waals surface area contributed by atoms with Gasteiger partial charge < -0.3 is 9.84 Å². The molecule has 0 bridgehead atoms. The van der Waals surface area contributed by atoms with Crippen molar-refractivity contribution >= 4 is 23.4 Å². The van der Waals surface area contributed by atoms with Crippen molar-refractivity contribution in [3.8, 4) is 21.9 Å². The van der Waals surface area contributed by atoms with Crippen LogP contribution in [-0.4, -0.2) is 23.4 Å². The number of ether oxygens (including phenoxy) is 1. The second kappa shape index (κ2) is 6.41. The number of phenolic OH excluding ortho intramolecular Hbond substituents is 1. The number of hydrogen-bond donors (Lipinski definition) is 1. The van der Waals surface area contributed by atoms with Crippen LogP contribution in [0.2, 0.25) is 0 Å². The van der Waals surface area contributed by atoms with Crippen LogP contribution in [0.25, 0.3) is 10.4 Å². The van der Waals surface area contributed by atoms with Gasteiger partial charge in [-0.1, -0.05) is 12.1 Å². The van der Waals surface area contributed by atoms with Crippen molar-refractivity contribution in [1.82, 2.24) is 4.98 Å². The fourth-order valence-electron chi connectivity index (χ4n) is 2.03. The van der Waals surface area contributed by atoms with Crippen molar-refractivity contribution in [3.63, 3.8) is 0 Å². The average molecular weight is 310 g/mol. The Morgan fingerprint density at radius 1 is 1.23 bits per heavy atom. The molecule has 0 saturated carbocycles. The number of benzene rings is 1. The first-order valence-corrected chi connectivity index (χ1v) is 7.56. The Balaban J connectivity index is 2.03. The summed E-state index contributed by atoms with van der Waals surface area (Å²) in [6.45, 7) is 0. The van der Waals surface area contributed by atoms with Gasteiger partial charge in [-0.25, -0.2) is 9.98 Å². The Kier molecular flexibility index (Phi) is 4.16. The number of pyridine rings is 1. The van der Waals surface area contributed by atoms with E-state index in [0.717, 1.165) is 10.4 Å². The third kappa shape index (κ3) is 2.99. The minimum Gasteiger partial charge on any atom is -0.504 e. The van der Waals surface area contributed by atoms with Gasteiger partial charge in [-0.15, -0.1) is 11.3 Å². The van der Waals surface area contributed by atoms with Crippen molar-refractivity contribution in [3.05, 3.63) is 59.6 Å². The summed E-state index contributed by atoms with van der Waals surface area (Å²) in [4.78, 5) is 9.52. The van der Waals surface area contributed by atoms with Crippen LogP contribution < -0.4 is 4.74 Å². The lowest BCUT2D eigenvalue weighted by atomic mass is 10.1. The van der Waals surface area contributed by atoms with E-state index in [1.807, 2.05) is 41.8 Å². The Morgan fingerprint density at radius 2 is 2.14 bits per heavy atom. The summed E-state index contributed by atoms with van der Waals surface area (Å²) in [5.41, 5.74) is 1.57. The highest BCUT2D eigenvalue weighted by atomic mass is 32.1. The lowest BCUT2D eigenvalue weighted by molar-refractivity contribution is 0.373. The monoisotopic (exact) mass is 310 g/mol. The zero-order valence-corrected chi connectivity index (χ0v) is 12.7. The van der Waals surface area contributed by atoms with Gasteiger partial charge in [0.05, 0.1) is 7.11 Å². The van der Waals surface area contributed by atoms with Gasteiger partial charge in [0.1, 0.15) is 0 Å². The molecule has 0 amide bonds. The van der Waals surface area contributed by atoms with E-state index in [2.05, 4.69) is 9.98 Å². The van der Waals surface area contributed by atoms with Crippen molar-refractivity contribution < 1.29 is 9.84 Å². The van der Waals surface area contributed by atoms with Crippen LogP contribution in [0.1, 0.15) is 5.56 Å². The Labute approximate surface area is 132 Å². The Morgan fingerprint density at radius 3 is 2.82 bits per heavy atom. The predicted molar refractivity (Wildman–Crippen MR) is 89.5 cm³/mol. The van der Waals surface area contributed by atoms with Crippen LogP contribution in [-0.2, 0) is 0 Å². The van der Waals surface area contributed by atoms with Gasteiger partial charge in [0.25, 0.3) is 0 Å². The Bertz CT molecular complexity index is 784. The van der Waals surface area contributed by atoms with Crippen molar-refractivity contribution in [1.29, 1.82) is 0 Å². The number of aromatic hydroxyl groups is 1. The smallest absolute Gasteiger partial charge is 0.166 e. The molecule has 3 aromatic rings. The van der Waals surface area contributed by atoms with Crippen LogP contribution in [0, 0.1) is 0 Å². The van der Waals surface area contributed by atoms with Crippen molar-refractivity contribution in [2.24, 2.45) is 4.99 Å². The van der Waals surface area contributed by atoms with E-state index in [9.17, 15) is 5.11 Å². The topological polar surface area (TPSA) is 54.7 Å². The molecule has 0 atom stereocenters. The third-order valence-electron chi connectivity index (χ3n) is 3.12. The molecule has 0 spiro atoms. The number of methoxy groups -OCH3 is 1. The molecule has 3 rings (SSSR count). The van der Waals surface area contributed by atoms with Crippen molar-refractivity contribution in [2.45, 2.75) is 0 Å². The van der Waals surface area contributed by atoms with E-state index in [1.165, 1.54) is 7.11 Å². The minimum absolute atomic E-state index is 0.0717. The zero-order chi connectivity index (χ0) is 15.4. The molecule has 0 saturated heterocycles. The molecule has 0 unspecified atom stereocenters. The van der Waals surface area contributed by atoms with Gasteiger partial charge in [0.2, 0.25) is 0 Å². The second-order valence-corrected chi connectivity index (χ2v) is 5.49. The van der Waals surface area contributed by atoms with Crippen LogP contribution in [0.3, 0.4) is 0 Å². The first kappa shape index (κ1) is 14.3. The first-order chi connectivity index (χ1) is 10.8. The molecule has 0 fully saturated rings. The average Bonchev–Trinajstić information content (AvgIpc) is 3.09. The van der Waals surface area contributed by atoms with E-state index in [4.69, 9.17) is 4.74 Å². The van der Waals surface area contributed by atoms with Gasteiger partial charge in [-0.05, 0) is 41.3 Å². The van der Waals surface area contributed by atoms with Gasteiger partial charge in [0, 0.05) is 22.9 Å². The maximum absolute atomic E-state index is 10.3. The molecule has 0 aliphatic rings. The highest BCUT2D eigenvalue weighted by molar-refractivity contribution is 7.13. The summed E-state index contributed by atoms with van der Waals surface area (Å²) in [6, 6.07) is 13.2. The standard InChI is InChI=1S/C17H14N2O2S/c1-21-14-10-12(15-5-4-8-22-15)9-13(17(14)20)11-19-16-6-2-3-7-18-16/h2-11,20H,1H3. The molecule has 0 radical (unpaired) electrons. The number of aromatic nitrogens is 1. The summed E-state index contributed by atoms with van der Waals surface area (Å²) >= 11 is 1.63. The molecular weight excluding hydrogens is 296 g/mol. The van der Waals surface area contributed by atoms with E-state index in [0.29, 0.717) is 17.1 Å². The second-order valence-electron chi connectivity index (χ2n) is 4.54. The summed E-state index contributed by atoms with van der Waals surface area (Å²) < 4.78 is 5.25. The SMILES string of the molecule is COc1cc(-c2cccs2)cc(C=Nc2ccccn2)c1O. The third-order valence-corrected chi connectivity index (χ3v) is 4.03. The number of aliphatic imine (C=N–C) groups is 1. The number of nitrogens with zero attached hydrogens (tertiary/aromatic N) is 2. The first-order valence-electron chi connectivity index (χ1n) is 6.68. The van der Waals surface area contributed by atoms with Crippen molar-refractivity contribution in [2.75, 3.05) is 7.11 Å². The van der Waals surface area contributed by atoms with Gasteiger partial charge in [0.15, 0.2) is 17.3 Å². The molecule has 2 heterocycles. The van der Waals surface area contributed by atoms with E-state index < -0.39 is 0 Å². The highest BCUT2D eigenvalue weighted by Gasteiger charge is 2.11. The maximum Gasteiger partial charge on any atom is 0.166 e. The van der Waals surface area contributed by atoms with E-state index in [1.54, 1.807) is 29.8 Å². The maximum atomic E-state index is 10.3. The summed E-state index contributed by atoms with van der Waals surface area (Å²) in [5, 5.41) is 12.3. The summed E-state index contributed by atoms with van der Waals surface area (Å²) in [6.07, 6.45) is 3.27. The molecule has 0 aliphatic carbocycles. The van der Waals surface area contributed by atoms with E-state index in [-0.39, 0.29) is 5.75 Å². The minimum atomic E-state index is 0.0717. The molecular formula is C17H14N2O2S. The molecule has 1 N–H and O–H groups in total. The lowest BCUT2D eigenvalue weighted by Gasteiger charge is -2.09. The summed E-state index contributed by atoms with van der Waals surface area (Å²) in [5.74, 6) is 1.08. The van der Waals surface area contributed by atoms with Crippen LogP contribution in [0.5, 0.6) is 11.5 Å². The summed E-state index contributed by atoms with van der Waals surface area (Å²) in [7, 11) is 1.53. The number of thiophene rings is 1. The lowest BCUT2D eigenvalue weighted by Crippen LogP contribution is -1.90. The fraction of sp³-hybridized carbons (Fsp3) is 0.0588. The molecule has 4 nitrogen and oxygen atoms in total. The largest absolute Gasteiger partial charge is 0.504 e. The molecule has 1 aromatic carbocycles. The number of hydrogen-bond acceptors (Lipinski definition) is 5. The normalized spacial score (nSPS) is 11.0. The highest BCUT2D eigenvalue weighted by Crippen LogP contribution is 2.36. The number of phenols is 1. The van der Waals surface area contributed by atoms with Crippen LogP contribution in [0.15, 0.2) is 59.0 Å². The quantitative estimate of drug-likeness (QED) is 0.732. The predicted octanol–water partition coefficient (Wildman–Crippen LogP) is 4.27. The van der Waals surface area contributed by atoms with Gasteiger partial charge >= 0.3 is 0 Å².